The first-order chi connectivity index (χ1) is 8.40. The largest absolute Gasteiger partial charge is 0.481 e. The van der Waals surface area contributed by atoms with Crippen molar-refractivity contribution in [3.8, 4) is 0 Å². The van der Waals surface area contributed by atoms with E-state index in [9.17, 15) is 14.0 Å². The molecule has 98 valence electrons. The van der Waals surface area contributed by atoms with Crippen molar-refractivity contribution in [2.24, 2.45) is 0 Å². The summed E-state index contributed by atoms with van der Waals surface area (Å²) in [5.74, 6) is -2.77. The highest BCUT2D eigenvalue weighted by molar-refractivity contribution is 6.31. The summed E-state index contributed by atoms with van der Waals surface area (Å²) in [6, 6.07) is 3.72. The highest BCUT2D eigenvalue weighted by Crippen LogP contribution is 2.22. The second kappa shape index (κ2) is 6.20. The number of hydrogen-bond acceptors (Lipinski definition) is 3. The van der Waals surface area contributed by atoms with Gasteiger partial charge in [-0.1, -0.05) is 11.6 Å². The minimum absolute atomic E-state index is 0.00357. The average molecular weight is 276 g/mol. The minimum atomic E-state index is -1.11. The molecule has 2 N–H and O–H groups in total. The quantitative estimate of drug-likeness (QED) is 0.828. The van der Waals surface area contributed by atoms with Gasteiger partial charge in [-0.05, 0) is 18.2 Å². The van der Waals surface area contributed by atoms with E-state index in [0.717, 1.165) is 6.07 Å². The number of nitrogens with zero attached hydrogens (tertiary/aromatic N) is 1. The van der Waals surface area contributed by atoms with Crippen molar-refractivity contribution in [3.05, 3.63) is 29.0 Å². The van der Waals surface area contributed by atoms with Gasteiger partial charge in [-0.25, -0.2) is 4.39 Å². The van der Waals surface area contributed by atoms with E-state index < -0.39 is 17.8 Å². The van der Waals surface area contributed by atoms with Gasteiger partial charge in [-0.2, -0.15) is 0 Å². The van der Waals surface area contributed by atoms with E-state index in [1.807, 2.05) is 0 Å². The lowest BCUT2D eigenvalue weighted by Gasteiger charge is -2.22. The summed E-state index contributed by atoms with van der Waals surface area (Å²) in [7, 11) is 0. The van der Waals surface area contributed by atoms with Crippen LogP contribution in [0.1, 0.15) is 6.42 Å². The molecule has 0 aliphatic rings. The number of carboxylic acids is 2. The van der Waals surface area contributed by atoms with Crippen molar-refractivity contribution >= 4 is 29.2 Å². The van der Waals surface area contributed by atoms with Crippen LogP contribution in [0.4, 0.5) is 10.1 Å². The molecule has 0 saturated heterocycles. The van der Waals surface area contributed by atoms with Crippen LogP contribution in [0.25, 0.3) is 0 Å². The number of carbonyl (C=O) groups is 2. The van der Waals surface area contributed by atoms with Crippen molar-refractivity contribution in [1.29, 1.82) is 0 Å². The molecule has 0 radical (unpaired) electrons. The van der Waals surface area contributed by atoms with Gasteiger partial charge in [0.15, 0.2) is 0 Å². The van der Waals surface area contributed by atoms with Crippen molar-refractivity contribution in [2.45, 2.75) is 6.42 Å². The maximum absolute atomic E-state index is 13.0. The van der Waals surface area contributed by atoms with E-state index >= 15 is 0 Å². The molecule has 1 aromatic rings. The zero-order valence-electron chi connectivity index (χ0n) is 9.27. The van der Waals surface area contributed by atoms with Gasteiger partial charge < -0.3 is 15.1 Å². The molecule has 0 aliphatic heterocycles. The fourth-order valence-electron chi connectivity index (χ4n) is 1.38. The van der Waals surface area contributed by atoms with Gasteiger partial charge in [-0.3, -0.25) is 9.59 Å². The van der Waals surface area contributed by atoms with Gasteiger partial charge in [-0.15, -0.1) is 0 Å². The van der Waals surface area contributed by atoms with Crippen molar-refractivity contribution < 1.29 is 24.2 Å². The molecular formula is C11H11ClFNO4. The van der Waals surface area contributed by atoms with Gasteiger partial charge in [0.05, 0.1) is 11.4 Å². The Morgan fingerprint density at radius 3 is 2.44 bits per heavy atom. The third-order valence-corrected chi connectivity index (χ3v) is 2.48. The van der Waals surface area contributed by atoms with Crippen LogP contribution in [0.5, 0.6) is 0 Å². The number of aliphatic carboxylic acids is 2. The molecule has 7 heteroatoms. The Morgan fingerprint density at radius 2 is 1.94 bits per heavy atom. The lowest BCUT2D eigenvalue weighted by atomic mass is 10.2. The molecule has 1 aromatic carbocycles. The second-order valence-corrected chi connectivity index (χ2v) is 3.96. The van der Waals surface area contributed by atoms with Crippen LogP contribution in [0.15, 0.2) is 18.2 Å². The number of hydrogen-bond donors (Lipinski definition) is 2. The minimum Gasteiger partial charge on any atom is -0.481 e. The molecule has 0 amide bonds. The first-order valence-corrected chi connectivity index (χ1v) is 5.41. The summed E-state index contributed by atoms with van der Waals surface area (Å²) in [4.78, 5) is 22.5. The molecule has 0 heterocycles. The molecule has 1 rings (SSSR count). The molecule has 0 aliphatic carbocycles. The Balaban J connectivity index is 2.89. The molecule has 0 spiro atoms. The molecule has 0 atom stereocenters. The van der Waals surface area contributed by atoms with Crippen LogP contribution < -0.4 is 4.90 Å². The van der Waals surface area contributed by atoms with E-state index in [1.165, 1.54) is 17.0 Å². The summed E-state index contributed by atoms with van der Waals surface area (Å²) >= 11 is 5.59. The van der Waals surface area contributed by atoms with E-state index in [-0.39, 0.29) is 24.5 Å². The Labute approximate surface area is 107 Å². The molecule has 0 unspecified atom stereocenters. The van der Waals surface area contributed by atoms with Gasteiger partial charge in [0.1, 0.15) is 12.4 Å². The average Bonchev–Trinajstić information content (AvgIpc) is 2.27. The molecule has 18 heavy (non-hydrogen) atoms. The van der Waals surface area contributed by atoms with E-state index in [2.05, 4.69) is 0 Å². The number of benzene rings is 1. The Morgan fingerprint density at radius 1 is 1.28 bits per heavy atom. The van der Waals surface area contributed by atoms with Crippen molar-refractivity contribution in [3.63, 3.8) is 0 Å². The summed E-state index contributed by atoms with van der Waals surface area (Å²) in [6.45, 7) is -0.376. The normalized spacial score (nSPS) is 10.1. The zero-order chi connectivity index (χ0) is 13.7. The summed E-state index contributed by atoms with van der Waals surface area (Å²) in [5, 5.41) is 17.2. The highest BCUT2D eigenvalue weighted by atomic mass is 35.5. The second-order valence-electron chi connectivity index (χ2n) is 3.56. The van der Waals surface area contributed by atoms with Crippen molar-refractivity contribution in [1.82, 2.24) is 0 Å². The van der Waals surface area contributed by atoms with Gasteiger partial charge >= 0.3 is 11.9 Å². The number of rotatable bonds is 6. The number of anilines is 1. The first kappa shape index (κ1) is 14.2. The van der Waals surface area contributed by atoms with E-state index in [0.29, 0.717) is 5.69 Å². The standard InChI is InChI=1S/C11H11ClFNO4/c12-8-5-7(1-2-9(8)13)14(6-11(17)18)4-3-10(15)16/h1-2,5H,3-4,6H2,(H,15,16)(H,17,18). The summed E-state index contributed by atoms with van der Waals surface area (Å²) in [5.41, 5.74) is 0.366. The summed E-state index contributed by atoms with van der Waals surface area (Å²) < 4.78 is 13.0. The SMILES string of the molecule is O=C(O)CCN(CC(=O)O)c1ccc(F)c(Cl)c1. The Kier molecular flexibility index (Phi) is 4.91. The van der Waals surface area contributed by atoms with Crippen LogP contribution >= 0.6 is 11.6 Å². The number of halogens is 2. The lowest BCUT2D eigenvalue weighted by Crippen LogP contribution is -2.31. The topological polar surface area (TPSA) is 77.8 Å². The van der Waals surface area contributed by atoms with Gasteiger partial charge in [0.25, 0.3) is 0 Å². The van der Waals surface area contributed by atoms with Crippen LogP contribution in [0, 0.1) is 5.82 Å². The first-order valence-electron chi connectivity index (χ1n) is 5.03. The lowest BCUT2D eigenvalue weighted by molar-refractivity contribution is -0.138. The summed E-state index contributed by atoms with van der Waals surface area (Å²) in [6.07, 6.45) is -0.220. The van der Waals surface area contributed by atoms with Crippen molar-refractivity contribution in [2.75, 3.05) is 18.0 Å². The third kappa shape index (κ3) is 4.21. The maximum atomic E-state index is 13.0. The number of carboxylic acid groups (broad SMARTS) is 2. The predicted octanol–water partition coefficient (Wildman–Crippen LogP) is 1.84. The monoisotopic (exact) mass is 275 g/mol. The smallest absolute Gasteiger partial charge is 0.323 e. The van der Waals surface area contributed by atoms with Crippen LogP contribution in [0.2, 0.25) is 5.02 Å². The molecule has 0 saturated carbocycles. The molecule has 0 bridgehead atoms. The fraction of sp³-hybridized carbons (Fsp3) is 0.273. The Hall–Kier alpha value is -1.82. The van der Waals surface area contributed by atoms with Crippen LogP contribution in [-0.4, -0.2) is 35.2 Å². The third-order valence-electron chi connectivity index (χ3n) is 2.19. The molecular weight excluding hydrogens is 265 g/mol. The molecule has 0 fully saturated rings. The van der Waals surface area contributed by atoms with Gasteiger partial charge in [0.2, 0.25) is 0 Å². The molecule has 5 nitrogen and oxygen atoms in total. The zero-order valence-corrected chi connectivity index (χ0v) is 10.0. The Bertz CT molecular complexity index is 466. The predicted molar refractivity (Wildman–Crippen MR) is 63.5 cm³/mol. The van der Waals surface area contributed by atoms with E-state index in [1.54, 1.807) is 0 Å². The van der Waals surface area contributed by atoms with Crippen LogP contribution in [0.3, 0.4) is 0 Å². The fourth-order valence-corrected chi connectivity index (χ4v) is 1.55. The van der Waals surface area contributed by atoms with Gasteiger partial charge in [0, 0.05) is 12.2 Å². The van der Waals surface area contributed by atoms with Crippen LogP contribution in [-0.2, 0) is 9.59 Å². The van der Waals surface area contributed by atoms with E-state index in [4.69, 9.17) is 21.8 Å². The highest BCUT2D eigenvalue weighted by Gasteiger charge is 2.13. The molecule has 0 aromatic heterocycles. The maximum Gasteiger partial charge on any atom is 0.323 e.